The number of anilines is 2. The molecule has 0 aliphatic carbocycles. The average molecular weight is 368 g/mol. The predicted molar refractivity (Wildman–Crippen MR) is 109 cm³/mol. The van der Waals surface area contributed by atoms with Crippen LogP contribution in [0.4, 0.5) is 11.4 Å². The highest BCUT2D eigenvalue weighted by atomic mass is 16.5. The molecular weight excluding hydrogens is 340 g/mol. The lowest BCUT2D eigenvalue weighted by molar-refractivity contribution is -0.120. The van der Waals surface area contributed by atoms with Gasteiger partial charge >= 0.3 is 0 Å². The highest BCUT2D eigenvalue weighted by Gasteiger charge is 2.17. The van der Waals surface area contributed by atoms with E-state index in [9.17, 15) is 9.59 Å². The minimum absolute atomic E-state index is 0.0513. The molecule has 0 unspecified atom stereocenters. The fraction of sp³-hybridized carbons (Fsp3) is 0.364. The molecule has 2 aromatic carbocycles. The van der Waals surface area contributed by atoms with E-state index in [4.69, 9.17) is 4.74 Å². The summed E-state index contributed by atoms with van der Waals surface area (Å²) >= 11 is 0. The van der Waals surface area contributed by atoms with Gasteiger partial charge in [0.15, 0.2) is 0 Å². The van der Waals surface area contributed by atoms with Crippen molar-refractivity contribution in [2.75, 3.05) is 23.4 Å². The topological polar surface area (TPSA) is 58.6 Å². The van der Waals surface area contributed by atoms with E-state index < -0.39 is 0 Å². The summed E-state index contributed by atoms with van der Waals surface area (Å²) in [6, 6.07) is 14.9. The molecule has 0 saturated carbocycles. The van der Waals surface area contributed by atoms with E-state index in [2.05, 4.69) is 26.1 Å². The van der Waals surface area contributed by atoms with Gasteiger partial charge in [0.1, 0.15) is 12.3 Å². The smallest absolute Gasteiger partial charge is 0.244 e. The van der Waals surface area contributed by atoms with Gasteiger partial charge in [0.2, 0.25) is 11.8 Å². The van der Waals surface area contributed by atoms with Gasteiger partial charge < -0.3 is 15.0 Å². The molecule has 0 heterocycles. The fourth-order valence-electron chi connectivity index (χ4n) is 2.67. The summed E-state index contributed by atoms with van der Waals surface area (Å²) in [4.78, 5) is 25.9. The minimum atomic E-state index is -0.248. The third kappa shape index (κ3) is 5.84. The predicted octanol–water partition coefficient (Wildman–Crippen LogP) is 4.37. The van der Waals surface area contributed by atoms with Gasteiger partial charge in [-0.25, -0.2) is 0 Å². The second-order valence-electron chi connectivity index (χ2n) is 7.41. The highest BCUT2D eigenvalue weighted by Crippen LogP contribution is 2.24. The normalized spacial score (nSPS) is 11.0. The van der Waals surface area contributed by atoms with E-state index in [0.29, 0.717) is 18.0 Å². The summed E-state index contributed by atoms with van der Waals surface area (Å²) in [5.41, 5.74) is 2.62. The molecule has 0 atom stereocenters. The second-order valence-corrected chi connectivity index (χ2v) is 7.41. The number of carbonyl (C=O) groups is 2. The molecule has 1 N–H and O–H groups in total. The van der Waals surface area contributed by atoms with Gasteiger partial charge in [-0.2, -0.15) is 0 Å². The molecular formula is C22H28N2O3. The van der Waals surface area contributed by atoms with Crippen LogP contribution in [-0.2, 0) is 15.0 Å². The molecule has 0 bridgehead atoms. The Kier molecular flexibility index (Phi) is 6.61. The first-order chi connectivity index (χ1) is 12.7. The number of benzene rings is 2. The lowest BCUT2D eigenvalue weighted by Gasteiger charge is -2.21. The molecule has 2 rings (SSSR count). The van der Waals surface area contributed by atoms with Crippen molar-refractivity contribution in [3.63, 3.8) is 0 Å². The number of carbonyl (C=O) groups excluding carboxylic acids is 2. The number of amides is 2. The van der Waals surface area contributed by atoms with Crippen LogP contribution >= 0.6 is 0 Å². The van der Waals surface area contributed by atoms with Gasteiger partial charge in [0.25, 0.3) is 0 Å². The molecule has 0 aliphatic heterocycles. The van der Waals surface area contributed by atoms with Crippen molar-refractivity contribution in [2.24, 2.45) is 0 Å². The summed E-state index contributed by atoms with van der Waals surface area (Å²) in [5, 5.41) is 2.85. The van der Waals surface area contributed by atoms with Crippen LogP contribution in [0.15, 0.2) is 48.5 Å². The fourth-order valence-corrected chi connectivity index (χ4v) is 2.67. The molecule has 0 aromatic heterocycles. The zero-order chi connectivity index (χ0) is 20.0. The molecule has 0 fully saturated rings. The number of nitrogens with one attached hydrogen (secondary N) is 1. The van der Waals surface area contributed by atoms with Crippen molar-refractivity contribution in [3.05, 3.63) is 54.1 Å². The Balaban J connectivity index is 2.05. The Labute approximate surface area is 161 Å². The standard InChI is InChI=1S/C22H28N2O3/c1-6-27-20-13-11-19(12-14-20)24(16(2)25)15-21(26)23-18-9-7-17(8-10-18)22(3,4)5/h7-14H,6,15H2,1-5H3,(H,23,26). The van der Waals surface area contributed by atoms with Gasteiger partial charge in [0.05, 0.1) is 6.61 Å². The van der Waals surface area contributed by atoms with Crippen LogP contribution in [0.3, 0.4) is 0 Å². The van der Waals surface area contributed by atoms with Crippen molar-refractivity contribution < 1.29 is 14.3 Å². The average Bonchev–Trinajstić information content (AvgIpc) is 2.60. The van der Waals surface area contributed by atoms with Crippen molar-refractivity contribution in [1.82, 2.24) is 0 Å². The van der Waals surface area contributed by atoms with Gasteiger partial charge in [-0.1, -0.05) is 32.9 Å². The van der Waals surface area contributed by atoms with Crippen LogP contribution in [0.5, 0.6) is 5.75 Å². The van der Waals surface area contributed by atoms with E-state index in [0.717, 1.165) is 5.75 Å². The largest absolute Gasteiger partial charge is 0.494 e. The van der Waals surface area contributed by atoms with Crippen LogP contribution in [0.2, 0.25) is 0 Å². The number of hydrogen-bond acceptors (Lipinski definition) is 3. The van der Waals surface area contributed by atoms with Crippen LogP contribution in [-0.4, -0.2) is 25.0 Å². The van der Waals surface area contributed by atoms with E-state index in [-0.39, 0.29) is 23.8 Å². The third-order valence-corrected chi connectivity index (χ3v) is 4.18. The van der Waals surface area contributed by atoms with E-state index in [1.54, 1.807) is 24.3 Å². The summed E-state index contributed by atoms with van der Waals surface area (Å²) < 4.78 is 5.41. The number of ether oxygens (including phenoxy) is 1. The summed E-state index contributed by atoms with van der Waals surface area (Å²) in [6.45, 7) is 10.3. The molecule has 2 aromatic rings. The molecule has 5 heteroatoms. The van der Waals surface area contributed by atoms with Crippen molar-refractivity contribution >= 4 is 23.2 Å². The zero-order valence-electron chi connectivity index (χ0n) is 16.7. The number of rotatable bonds is 6. The van der Waals surface area contributed by atoms with Gasteiger partial charge in [-0.05, 0) is 54.3 Å². The van der Waals surface area contributed by atoms with Crippen LogP contribution in [0.1, 0.15) is 40.2 Å². The molecule has 0 aliphatic rings. The Hall–Kier alpha value is -2.82. The van der Waals surface area contributed by atoms with Gasteiger partial charge in [-0.15, -0.1) is 0 Å². The van der Waals surface area contributed by atoms with Gasteiger partial charge in [-0.3, -0.25) is 9.59 Å². The maximum absolute atomic E-state index is 12.4. The van der Waals surface area contributed by atoms with E-state index in [1.165, 1.54) is 17.4 Å². The molecule has 144 valence electrons. The maximum Gasteiger partial charge on any atom is 0.244 e. The highest BCUT2D eigenvalue weighted by molar-refractivity contribution is 6.01. The van der Waals surface area contributed by atoms with E-state index >= 15 is 0 Å². The maximum atomic E-state index is 12.4. The number of nitrogens with zero attached hydrogens (tertiary/aromatic N) is 1. The Morgan fingerprint density at radius 1 is 1.00 bits per heavy atom. The molecule has 27 heavy (non-hydrogen) atoms. The minimum Gasteiger partial charge on any atom is -0.494 e. The Morgan fingerprint density at radius 2 is 1.59 bits per heavy atom. The SMILES string of the molecule is CCOc1ccc(N(CC(=O)Nc2ccc(C(C)(C)C)cc2)C(C)=O)cc1. The lowest BCUT2D eigenvalue weighted by Crippen LogP contribution is -2.36. The van der Waals surface area contributed by atoms with Crippen molar-refractivity contribution in [1.29, 1.82) is 0 Å². The Bertz CT molecular complexity index is 775. The van der Waals surface area contributed by atoms with Crippen LogP contribution < -0.4 is 15.0 Å². The third-order valence-electron chi connectivity index (χ3n) is 4.18. The summed E-state index contributed by atoms with van der Waals surface area (Å²) in [6.07, 6.45) is 0. The molecule has 5 nitrogen and oxygen atoms in total. The lowest BCUT2D eigenvalue weighted by atomic mass is 9.87. The summed E-state index contributed by atoms with van der Waals surface area (Å²) in [5.74, 6) is 0.285. The monoisotopic (exact) mass is 368 g/mol. The second kappa shape index (κ2) is 8.71. The molecule has 0 spiro atoms. The van der Waals surface area contributed by atoms with Crippen LogP contribution in [0, 0.1) is 0 Å². The number of hydrogen-bond donors (Lipinski definition) is 1. The first-order valence-corrected chi connectivity index (χ1v) is 9.12. The molecule has 0 saturated heterocycles. The zero-order valence-corrected chi connectivity index (χ0v) is 16.7. The van der Waals surface area contributed by atoms with Gasteiger partial charge in [0, 0.05) is 18.3 Å². The molecule has 2 amide bonds. The Morgan fingerprint density at radius 3 is 2.07 bits per heavy atom. The molecule has 0 radical (unpaired) electrons. The van der Waals surface area contributed by atoms with Crippen molar-refractivity contribution in [2.45, 2.75) is 40.0 Å². The van der Waals surface area contributed by atoms with Crippen LogP contribution in [0.25, 0.3) is 0 Å². The summed E-state index contributed by atoms with van der Waals surface area (Å²) in [7, 11) is 0. The first-order valence-electron chi connectivity index (χ1n) is 9.12. The van der Waals surface area contributed by atoms with E-state index in [1.807, 2.05) is 31.2 Å². The first kappa shape index (κ1) is 20.5. The van der Waals surface area contributed by atoms with Crippen molar-refractivity contribution in [3.8, 4) is 5.75 Å². The quantitative estimate of drug-likeness (QED) is 0.823.